The SMILES string of the molecule is COC1CC(n2c(N)nc3cc(F)c(Cl)cc32)C1(C)C. The Morgan fingerprint density at radius 3 is 2.80 bits per heavy atom. The minimum absolute atomic E-state index is 0.0582. The molecule has 0 spiro atoms. The number of nitrogen functional groups attached to an aromatic ring is 1. The van der Waals surface area contributed by atoms with Crippen molar-refractivity contribution in [2.24, 2.45) is 5.41 Å². The van der Waals surface area contributed by atoms with E-state index in [0.29, 0.717) is 11.5 Å². The Kier molecular flexibility index (Phi) is 2.95. The zero-order valence-corrected chi connectivity index (χ0v) is 12.4. The smallest absolute Gasteiger partial charge is 0.201 e. The highest BCUT2D eigenvalue weighted by molar-refractivity contribution is 6.31. The average molecular weight is 298 g/mol. The Hall–Kier alpha value is -1.33. The van der Waals surface area contributed by atoms with Crippen LogP contribution in [0.1, 0.15) is 26.3 Å². The lowest BCUT2D eigenvalue weighted by molar-refractivity contribution is -0.110. The fourth-order valence-electron chi connectivity index (χ4n) is 3.14. The standard InChI is InChI=1S/C14H17ClFN3O/c1-14(2)11(6-12(14)20-3)19-10-4-7(15)8(16)5-9(10)18-13(19)17/h4-5,11-12H,6H2,1-3H3,(H2,17,18). The molecule has 3 rings (SSSR count). The third-order valence-electron chi connectivity index (χ3n) is 4.48. The van der Waals surface area contributed by atoms with Crippen LogP contribution in [0.5, 0.6) is 0 Å². The van der Waals surface area contributed by atoms with Crippen LogP contribution in [0, 0.1) is 11.2 Å². The summed E-state index contributed by atoms with van der Waals surface area (Å²) in [6.07, 6.45) is 1.04. The lowest BCUT2D eigenvalue weighted by Crippen LogP contribution is -2.51. The van der Waals surface area contributed by atoms with Crippen molar-refractivity contribution in [3.63, 3.8) is 0 Å². The van der Waals surface area contributed by atoms with Crippen molar-refractivity contribution in [2.75, 3.05) is 12.8 Å². The second-order valence-electron chi connectivity index (χ2n) is 5.89. The van der Waals surface area contributed by atoms with Crippen LogP contribution in [-0.2, 0) is 4.74 Å². The molecule has 1 fully saturated rings. The first-order valence-electron chi connectivity index (χ1n) is 6.51. The monoisotopic (exact) mass is 297 g/mol. The van der Waals surface area contributed by atoms with Crippen LogP contribution in [0.15, 0.2) is 12.1 Å². The molecule has 1 aliphatic rings. The van der Waals surface area contributed by atoms with Gasteiger partial charge in [-0.2, -0.15) is 0 Å². The molecule has 2 unspecified atom stereocenters. The quantitative estimate of drug-likeness (QED) is 0.924. The molecule has 1 aromatic heterocycles. The zero-order chi connectivity index (χ0) is 14.7. The largest absolute Gasteiger partial charge is 0.381 e. The number of imidazole rings is 1. The number of nitrogens with two attached hydrogens (primary N) is 1. The van der Waals surface area contributed by atoms with Gasteiger partial charge in [0.1, 0.15) is 5.82 Å². The Bertz CT molecular complexity index is 683. The molecule has 108 valence electrons. The number of aromatic nitrogens is 2. The van der Waals surface area contributed by atoms with Crippen molar-refractivity contribution >= 4 is 28.6 Å². The highest BCUT2D eigenvalue weighted by atomic mass is 35.5. The summed E-state index contributed by atoms with van der Waals surface area (Å²) in [5.74, 6) is -0.0965. The molecule has 1 aliphatic carbocycles. The molecule has 1 heterocycles. The van der Waals surface area contributed by atoms with E-state index < -0.39 is 5.82 Å². The Morgan fingerprint density at radius 1 is 1.50 bits per heavy atom. The van der Waals surface area contributed by atoms with Crippen LogP contribution in [0.2, 0.25) is 5.02 Å². The molecule has 1 aromatic carbocycles. The molecular formula is C14H17ClFN3O. The average Bonchev–Trinajstić information content (AvgIpc) is 2.66. The normalized spacial score (nSPS) is 24.9. The third kappa shape index (κ3) is 1.73. The van der Waals surface area contributed by atoms with Crippen molar-refractivity contribution in [1.82, 2.24) is 9.55 Å². The first-order chi connectivity index (χ1) is 9.36. The number of ether oxygens (including phenoxy) is 1. The van der Waals surface area contributed by atoms with Crippen LogP contribution in [0.3, 0.4) is 0 Å². The molecule has 0 amide bonds. The summed E-state index contributed by atoms with van der Waals surface area (Å²) in [4.78, 5) is 4.24. The highest BCUT2D eigenvalue weighted by Gasteiger charge is 2.50. The minimum atomic E-state index is -0.480. The number of rotatable bonds is 2. The van der Waals surface area contributed by atoms with Crippen molar-refractivity contribution in [1.29, 1.82) is 0 Å². The van der Waals surface area contributed by atoms with Gasteiger partial charge < -0.3 is 15.0 Å². The van der Waals surface area contributed by atoms with E-state index in [4.69, 9.17) is 22.1 Å². The summed E-state index contributed by atoms with van der Waals surface area (Å²) in [7, 11) is 1.71. The molecule has 2 aromatic rings. The van der Waals surface area contributed by atoms with E-state index in [1.54, 1.807) is 13.2 Å². The summed E-state index contributed by atoms with van der Waals surface area (Å²) < 4.78 is 20.9. The van der Waals surface area contributed by atoms with Crippen LogP contribution >= 0.6 is 11.6 Å². The summed E-state index contributed by atoms with van der Waals surface area (Å²) in [6, 6.07) is 3.08. The summed E-state index contributed by atoms with van der Waals surface area (Å²) in [5, 5.41) is 0.0825. The fourth-order valence-corrected chi connectivity index (χ4v) is 3.30. The number of fused-ring (bicyclic) bond motifs is 1. The van der Waals surface area contributed by atoms with E-state index in [1.165, 1.54) is 6.07 Å². The van der Waals surface area contributed by atoms with Gasteiger partial charge in [-0.25, -0.2) is 9.37 Å². The van der Waals surface area contributed by atoms with Crippen LogP contribution < -0.4 is 5.73 Å². The molecule has 0 aliphatic heterocycles. The molecule has 2 N–H and O–H groups in total. The molecule has 0 bridgehead atoms. The van der Waals surface area contributed by atoms with Gasteiger partial charge in [0, 0.05) is 24.6 Å². The lowest BCUT2D eigenvalue weighted by Gasteiger charge is -2.51. The number of benzene rings is 1. The molecule has 4 nitrogen and oxygen atoms in total. The van der Waals surface area contributed by atoms with E-state index in [0.717, 1.165) is 11.9 Å². The number of halogens is 2. The predicted molar refractivity (Wildman–Crippen MR) is 77.3 cm³/mol. The Labute approximate surface area is 121 Å². The van der Waals surface area contributed by atoms with Crippen molar-refractivity contribution in [3.8, 4) is 0 Å². The molecular weight excluding hydrogens is 281 g/mol. The predicted octanol–water partition coefficient (Wildman–Crippen LogP) is 3.40. The Balaban J connectivity index is 2.13. The number of anilines is 1. The number of hydrogen-bond acceptors (Lipinski definition) is 3. The van der Waals surface area contributed by atoms with Gasteiger partial charge in [0.15, 0.2) is 0 Å². The summed E-state index contributed by atoms with van der Waals surface area (Å²) in [6.45, 7) is 4.26. The minimum Gasteiger partial charge on any atom is -0.381 e. The van der Waals surface area contributed by atoms with E-state index >= 15 is 0 Å². The van der Waals surface area contributed by atoms with E-state index in [9.17, 15) is 4.39 Å². The van der Waals surface area contributed by atoms with Crippen LogP contribution in [0.25, 0.3) is 11.0 Å². The molecule has 0 radical (unpaired) electrons. The number of methoxy groups -OCH3 is 1. The number of nitrogens with zero attached hydrogens (tertiary/aromatic N) is 2. The van der Waals surface area contributed by atoms with Crippen molar-refractivity contribution < 1.29 is 9.13 Å². The number of hydrogen-bond donors (Lipinski definition) is 1. The van der Waals surface area contributed by atoms with E-state index in [-0.39, 0.29) is 22.6 Å². The second kappa shape index (κ2) is 4.33. The van der Waals surface area contributed by atoms with Gasteiger partial charge in [-0.3, -0.25) is 0 Å². The van der Waals surface area contributed by atoms with Crippen molar-refractivity contribution in [2.45, 2.75) is 32.4 Å². The van der Waals surface area contributed by atoms with Crippen LogP contribution in [0.4, 0.5) is 10.3 Å². The van der Waals surface area contributed by atoms with Gasteiger partial charge in [-0.15, -0.1) is 0 Å². The first-order valence-corrected chi connectivity index (χ1v) is 6.89. The summed E-state index contributed by atoms with van der Waals surface area (Å²) in [5.41, 5.74) is 7.25. The van der Waals surface area contributed by atoms with Gasteiger partial charge in [0.05, 0.1) is 22.2 Å². The molecule has 2 atom stereocenters. The van der Waals surface area contributed by atoms with Gasteiger partial charge in [0.25, 0.3) is 0 Å². The van der Waals surface area contributed by atoms with Crippen molar-refractivity contribution in [3.05, 3.63) is 23.0 Å². The topological polar surface area (TPSA) is 53.1 Å². The third-order valence-corrected chi connectivity index (χ3v) is 4.77. The molecule has 6 heteroatoms. The Morgan fingerprint density at radius 2 is 2.20 bits per heavy atom. The maximum absolute atomic E-state index is 13.5. The fraction of sp³-hybridized carbons (Fsp3) is 0.500. The van der Waals surface area contributed by atoms with Gasteiger partial charge >= 0.3 is 0 Å². The maximum Gasteiger partial charge on any atom is 0.201 e. The van der Waals surface area contributed by atoms with Gasteiger partial charge in [-0.1, -0.05) is 25.4 Å². The van der Waals surface area contributed by atoms with E-state index in [2.05, 4.69) is 18.8 Å². The van der Waals surface area contributed by atoms with Gasteiger partial charge in [0.2, 0.25) is 5.95 Å². The summed E-state index contributed by atoms with van der Waals surface area (Å²) >= 11 is 5.88. The first kappa shape index (κ1) is 13.6. The van der Waals surface area contributed by atoms with E-state index in [1.807, 2.05) is 4.57 Å². The van der Waals surface area contributed by atoms with Crippen LogP contribution in [-0.4, -0.2) is 22.8 Å². The molecule has 1 saturated carbocycles. The molecule has 0 saturated heterocycles. The maximum atomic E-state index is 13.5. The van der Waals surface area contributed by atoms with Gasteiger partial charge in [-0.05, 0) is 12.5 Å². The highest BCUT2D eigenvalue weighted by Crippen LogP contribution is 2.52. The second-order valence-corrected chi connectivity index (χ2v) is 6.30. The lowest BCUT2D eigenvalue weighted by atomic mass is 9.64. The zero-order valence-electron chi connectivity index (χ0n) is 11.7. The molecule has 20 heavy (non-hydrogen) atoms.